The molecular weight excluding hydrogens is 488 g/mol. The zero-order valence-electron chi connectivity index (χ0n) is 22.2. The number of carbonyl (C=O) groups excluding carboxylic acids is 2. The van der Waals surface area contributed by atoms with Crippen LogP contribution in [0.4, 0.5) is 0 Å². The van der Waals surface area contributed by atoms with Crippen molar-refractivity contribution in [3.63, 3.8) is 0 Å². The maximum absolute atomic E-state index is 13.6. The highest BCUT2D eigenvalue weighted by atomic mass is 35.5. The Balaban J connectivity index is 1.51. The van der Waals surface area contributed by atoms with Crippen LogP contribution in [0.3, 0.4) is 0 Å². The van der Waals surface area contributed by atoms with Gasteiger partial charge in [-0.15, -0.1) is 0 Å². The van der Waals surface area contributed by atoms with Gasteiger partial charge in [0.25, 0.3) is 5.91 Å². The van der Waals surface area contributed by atoms with Crippen LogP contribution in [-0.4, -0.2) is 50.9 Å². The van der Waals surface area contributed by atoms with Crippen molar-refractivity contribution >= 4 is 23.4 Å². The molecule has 4 rings (SSSR count). The summed E-state index contributed by atoms with van der Waals surface area (Å²) in [5, 5.41) is 4.72. The van der Waals surface area contributed by atoms with E-state index in [1.807, 2.05) is 50.2 Å². The largest absolute Gasteiger partial charge is 0.337 e. The Morgan fingerprint density at radius 3 is 2.51 bits per heavy atom. The third-order valence-electron chi connectivity index (χ3n) is 6.82. The molecular formula is C29H35ClN4O3. The Hall–Kier alpha value is -3.19. The number of benzene rings is 2. The van der Waals surface area contributed by atoms with Gasteiger partial charge in [0.05, 0.1) is 0 Å². The molecule has 2 aromatic carbocycles. The van der Waals surface area contributed by atoms with Crippen LogP contribution in [0.2, 0.25) is 5.02 Å². The number of likely N-dealkylation sites (tertiary alicyclic amines) is 1. The number of nitrogens with zero attached hydrogens (tertiary/aromatic N) is 4. The lowest BCUT2D eigenvalue weighted by Crippen LogP contribution is -2.48. The molecule has 7 nitrogen and oxygen atoms in total. The second kappa shape index (κ2) is 11.1. The van der Waals surface area contributed by atoms with Crippen molar-refractivity contribution in [1.29, 1.82) is 0 Å². The number of piperidine rings is 1. The van der Waals surface area contributed by atoms with Gasteiger partial charge in [-0.05, 0) is 68.4 Å². The van der Waals surface area contributed by atoms with Crippen molar-refractivity contribution in [2.45, 2.75) is 71.4 Å². The molecule has 37 heavy (non-hydrogen) atoms. The predicted octanol–water partition coefficient (Wildman–Crippen LogP) is 6.29. The number of carbonyl (C=O) groups is 2. The van der Waals surface area contributed by atoms with E-state index in [1.54, 1.807) is 21.9 Å². The number of hydrogen-bond acceptors (Lipinski definition) is 5. The maximum atomic E-state index is 13.6. The Bertz CT molecular complexity index is 1250. The first-order valence-electron chi connectivity index (χ1n) is 12.8. The lowest BCUT2D eigenvalue weighted by Gasteiger charge is -2.36. The minimum atomic E-state index is -0.322. The Morgan fingerprint density at radius 2 is 1.86 bits per heavy atom. The Kier molecular flexibility index (Phi) is 8.02. The molecule has 2 heterocycles. The molecule has 2 amide bonds. The summed E-state index contributed by atoms with van der Waals surface area (Å²) < 4.78 is 5.61. The van der Waals surface area contributed by atoms with Crippen LogP contribution in [-0.2, 0) is 10.2 Å². The summed E-state index contributed by atoms with van der Waals surface area (Å²) in [4.78, 5) is 35.0. The molecule has 1 atom stereocenters. The van der Waals surface area contributed by atoms with Crippen LogP contribution in [0.15, 0.2) is 53.1 Å². The third-order valence-corrected chi connectivity index (χ3v) is 7.06. The van der Waals surface area contributed by atoms with Crippen molar-refractivity contribution in [3.8, 4) is 11.4 Å². The first-order valence-corrected chi connectivity index (χ1v) is 13.2. The van der Waals surface area contributed by atoms with Gasteiger partial charge in [-0.3, -0.25) is 9.59 Å². The number of halogens is 1. The first kappa shape index (κ1) is 26.9. The summed E-state index contributed by atoms with van der Waals surface area (Å²) in [5.74, 6) is 0.565. The van der Waals surface area contributed by atoms with Crippen LogP contribution in [0, 0.1) is 0 Å². The van der Waals surface area contributed by atoms with Crippen molar-refractivity contribution in [1.82, 2.24) is 19.9 Å². The molecule has 0 N–H and O–H groups in total. The van der Waals surface area contributed by atoms with E-state index in [2.05, 4.69) is 30.9 Å². The molecule has 0 radical (unpaired) electrons. The molecule has 0 saturated carbocycles. The zero-order chi connectivity index (χ0) is 26.7. The Labute approximate surface area is 223 Å². The van der Waals surface area contributed by atoms with Gasteiger partial charge in [-0.2, -0.15) is 4.98 Å². The Morgan fingerprint density at radius 1 is 1.14 bits per heavy atom. The topological polar surface area (TPSA) is 79.5 Å². The lowest BCUT2D eigenvalue weighted by atomic mass is 9.86. The molecule has 0 aliphatic carbocycles. The van der Waals surface area contributed by atoms with Gasteiger partial charge in [0.1, 0.15) is 12.6 Å². The van der Waals surface area contributed by atoms with E-state index in [9.17, 15) is 9.59 Å². The SMILES string of the molecule is CC(C)N(CC(=O)N1CCCCC1c1nc(-c2cccc(Cl)c2)no1)C(=O)c1ccc(C(C)(C)C)cc1. The highest BCUT2D eigenvalue weighted by molar-refractivity contribution is 6.30. The van der Waals surface area contributed by atoms with Crippen molar-refractivity contribution in [3.05, 3.63) is 70.6 Å². The molecule has 1 unspecified atom stereocenters. The fourth-order valence-corrected chi connectivity index (χ4v) is 4.80. The monoisotopic (exact) mass is 522 g/mol. The van der Waals surface area contributed by atoms with Crippen molar-refractivity contribution < 1.29 is 14.1 Å². The van der Waals surface area contributed by atoms with Crippen LogP contribution >= 0.6 is 11.6 Å². The summed E-state index contributed by atoms with van der Waals surface area (Å²) in [6.07, 6.45) is 2.57. The third kappa shape index (κ3) is 6.21. The van der Waals surface area contributed by atoms with Gasteiger partial charge in [0, 0.05) is 28.7 Å². The molecule has 1 aromatic heterocycles. The summed E-state index contributed by atoms with van der Waals surface area (Å²) in [6, 6.07) is 14.5. The van der Waals surface area contributed by atoms with Crippen molar-refractivity contribution in [2.75, 3.05) is 13.1 Å². The van der Waals surface area contributed by atoms with E-state index in [-0.39, 0.29) is 35.9 Å². The number of hydrogen-bond donors (Lipinski definition) is 0. The van der Waals surface area contributed by atoms with Crippen molar-refractivity contribution in [2.24, 2.45) is 0 Å². The minimum Gasteiger partial charge on any atom is -0.337 e. The summed E-state index contributed by atoms with van der Waals surface area (Å²) in [5.41, 5.74) is 2.49. The fourth-order valence-electron chi connectivity index (χ4n) is 4.61. The quantitative estimate of drug-likeness (QED) is 0.380. The zero-order valence-corrected chi connectivity index (χ0v) is 23.0. The van der Waals surface area contributed by atoms with E-state index in [1.165, 1.54) is 0 Å². The molecule has 1 saturated heterocycles. The van der Waals surface area contributed by atoms with E-state index in [0.717, 1.165) is 30.4 Å². The fraction of sp³-hybridized carbons (Fsp3) is 0.448. The average molecular weight is 523 g/mol. The molecule has 8 heteroatoms. The molecule has 0 bridgehead atoms. The molecule has 1 fully saturated rings. The first-order chi connectivity index (χ1) is 17.5. The average Bonchev–Trinajstić information content (AvgIpc) is 3.36. The van der Waals surface area contributed by atoms with Gasteiger partial charge >= 0.3 is 0 Å². The lowest BCUT2D eigenvalue weighted by molar-refractivity contribution is -0.136. The standard InChI is InChI=1S/C29H35ClN4O3/c1-19(2)34(28(36)20-12-14-22(15-13-20)29(3,4)5)18-25(35)33-16-7-6-11-24(33)27-31-26(32-37-27)21-9-8-10-23(30)17-21/h8-10,12-15,17,19,24H,6-7,11,16,18H2,1-5H3. The molecule has 1 aliphatic heterocycles. The highest BCUT2D eigenvalue weighted by Gasteiger charge is 2.34. The second-order valence-corrected chi connectivity index (χ2v) is 11.4. The second-order valence-electron chi connectivity index (χ2n) is 10.9. The van der Waals surface area contributed by atoms with Gasteiger partial charge in [-0.25, -0.2) is 0 Å². The molecule has 3 aromatic rings. The summed E-state index contributed by atoms with van der Waals surface area (Å²) >= 11 is 6.11. The molecule has 0 spiro atoms. The van der Waals surface area contributed by atoms with Crippen LogP contribution in [0.5, 0.6) is 0 Å². The normalized spacial score (nSPS) is 16.2. The maximum Gasteiger partial charge on any atom is 0.254 e. The predicted molar refractivity (Wildman–Crippen MR) is 144 cm³/mol. The summed E-state index contributed by atoms with van der Waals surface area (Å²) in [6.45, 7) is 10.8. The van der Waals surface area contributed by atoms with E-state index in [4.69, 9.17) is 16.1 Å². The van der Waals surface area contributed by atoms with Crippen LogP contribution in [0.1, 0.15) is 81.7 Å². The van der Waals surface area contributed by atoms with E-state index < -0.39 is 0 Å². The number of rotatable bonds is 6. The molecule has 196 valence electrons. The van der Waals surface area contributed by atoms with E-state index >= 15 is 0 Å². The van der Waals surface area contributed by atoms with Gasteiger partial charge in [0.2, 0.25) is 17.6 Å². The molecule has 1 aliphatic rings. The number of amides is 2. The van der Waals surface area contributed by atoms with Crippen LogP contribution < -0.4 is 0 Å². The smallest absolute Gasteiger partial charge is 0.254 e. The highest BCUT2D eigenvalue weighted by Crippen LogP contribution is 2.32. The van der Waals surface area contributed by atoms with Gasteiger partial charge < -0.3 is 14.3 Å². The van der Waals surface area contributed by atoms with Crippen LogP contribution in [0.25, 0.3) is 11.4 Å². The summed E-state index contributed by atoms with van der Waals surface area (Å²) in [7, 11) is 0. The van der Waals surface area contributed by atoms with E-state index in [0.29, 0.717) is 28.8 Å². The minimum absolute atomic E-state index is 0.0000645. The van der Waals surface area contributed by atoms with Gasteiger partial charge in [0.15, 0.2) is 0 Å². The van der Waals surface area contributed by atoms with Gasteiger partial charge in [-0.1, -0.05) is 61.8 Å². The number of aromatic nitrogens is 2.